The number of rotatable bonds is 6. The molecule has 0 amide bonds. The molecule has 1 aromatic heterocycles. The lowest BCUT2D eigenvalue weighted by molar-refractivity contribution is 0.0697. The second kappa shape index (κ2) is 7.60. The van der Waals surface area contributed by atoms with Gasteiger partial charge in [0.1, 0.15) is 5.76 Å². The fourth-order valence-electron chi connectivity index (χ4n) is 2.82. The molecule has 5 nitrogen and oxygen atoms in total. The van der Waals surface area contributed by atoms with Gasteiger partial charge in [-0.05, 0) is 43.5 Å². The van der Waals surface area contributed by atoms with Gasteiger partial charge in [0, 0.05) is 11.0 Å². The molecular weight excluding hydrogens is 328 g/mol. The molecule has 1 N–H and O–H groups in total. The molecular formula is C21H24N2O3. The highest BCUT2D eigenvalue weighted by Gasteiger charge is 2.14. The standard InChI is InChI=1S/C21H24N2O3/c1-14(2)13-26-20-9-5-15(3)4-6-17(20)12-23-19-8-7-16(21(24)25)10-18(19)11-22-23/h5-11,14H,4,12-13H2,1-3H3,(H,24,25). The van der Waals surface area contributed by atoms with Crippen molar-refractivity contribution in [3.8, 4) is 0 Å². The summed E-state index contributed by atoms with van der Waals surface area (Å²) in [4.78, 5) is 11.1. The van der Waals surface area contributed by atoms with Crippen LogP contribution in [0, 0.1) is 5.92 Å². The maximum Gasteiger partial charge on any atom is 0.335 e. The molecule has 1 aliphatic rings. The van der Waals surface area contributed by atoms with Crippen LogP contribution in [0.15, 0.2) is 59.5 Å². The van der Waals surface area contributed by atoms with Crippen LogP contribution in [0.3, 0.4) is 0 Å². The summed E-state index contributed by atoms with van der Waals surface area (Å²) in [5.74, 6) is 0.395. The van der Waals surface area contributed by atoms with Crippen molar-refractivity contribution in [1.82, 2.24) is 9.78 Å². The summed E-state index contributed by atoms with van der Waals surface area (Å²) >= 11 is 0. The summed E-state index contributed by atoms with van der Waals surface area (Å²) in [6, 6.07) is 5.08. The SMILES string of the molecule is CC1=CC=C(OCC(C)C)C(Cn2ncc3cc(C(=O)O)ccc32)=CC1. The topological polar surface area (TPSA) is 64.4 Å². The first-order valence-electron chi connectivity index (χ1n) is 8.82. The third kappa shape index (κ3) is 4.04. The summed E-state index contributed by atoms with van der Waals surface area (Å²) < 4.78 is 7.92. The number of hydrogen-bond donors (Lipinski definition) is 1. The largest absolute Gasteiger partial charge is 0.493 e. The van der Waals surface area contributed by atoms with E-state index in [-0.39, 0.29) is 5.56 Å². The van der Waals surface area contributed by atoms with Gasteiger partial charge in [0.05, 0.1) is 30.4 Å². The van der Waals surface area contributed by atoms with E-state index >= 15 is 0 Å². The van der Waals surface area contributed by atoms with Crippen LogP contribution in [0.5, 0.6) is 0 Å². The normalized spacial score (nSPS) is 14.7. The van der Waals surface area contributed by atoms with E-state index in [0.29, 0.717) is 19.1 Å². The molecule has 0 fully saturated rings. The zero-order valence-electron chi connectivity index (χ0n) is 15.4. The van der Waals surface area contributed by atoms with Crippen molar-refractivity contribution in [1.29, 1.82) is 0 Å². The van der Waals surface area contributed by atoms with Crippen molar-refractivity contribution in [2.75, 3.05) is 6.61 Å². The number of aromatic carboxylic acids is 1. The monoisotopic (exact) mass is 352 g/mol. The summed E-state index contributed by atoms with van der Waals surface area (Å²) in [5, 5.41) is 14.4. The highest BCUT2D eigenvalue weighted by atomic mass is 16.5. The molecule has 2 aromatic rings. The van der Waals surface area contributed by atoms with Gasteiger partial charge in [-0.25, -0.2) is 4.79 Å². The minimum Gasteiger partial charge on any atom is -0.493 e. The Hall–Kier alpha value is -2.82. The molecule has 0 spiro atoms. The molecule has 0 atom stereocenters. The molecule has 136 valence electrons. The van der Waals surface area contributed by atoms with Crippen molar-refractivity contribution in [2.45, 2.75) is 33.7 Å². The maximum atomic E-state index is 11.1. The molecule has 0 aliphatic heterocycles. The van der Waals surface area contributed by atoms with Crippen LogP contribution in [0.4, 0.5) is 0 Å². The fraction of sp³-hybridized carbons (Fsp3) is 0.333. The number of carbonyl (C=O) groups is 1. The summed E-state index contributed by atoms with van der Waals surface area (Å²) in [7, 11) is 0. The average Bonchev–Trinajstić information content (AvgIpc) is 2.91. The van der Waals surface area contributed by atoms with Crippen molar-refractivity contribution in [3.63, 3.8) is 0 Å². The van der Waals surface area contributed by atoms with Gasteiger partial charge >= 0.3 is 5.97 Å². The maximum absolute atomic E-state index is 11.1. The minimum atomic E-state index is -0.931. The Kier molecular flexibility index (Phi) is 5.26. The Morgan fingerprint density at radius 1 is 1.35 bits per heavy atom. The van der Waals surface area contributed by atoms with Crippen LogP contribution in [0.25, 0.3) is 10.9 Å². The van der Waals surface area contributed by atoms with Gasteiger partial charge in [0.25, 0.3) is 0 Å². The van der Waals surface area contributed by atoms with E-state index in [4.69, 9.17) is 9.84 Å². The molecule has 0 radical (unpaired) electrons. The highest BCUT2D eigenvalue weighted by Crippen LogP contribution is 2.24. The number of ether oxygens (including phenoxy) is 1. The molecule has 1 heterocycles. The van der Waals surface area contributed by atoms with Crippen LogP contribution >= 0.6 is 0 Å². The number of benzene rings is 1. The summed E-state index contributed by atoms with van der Waals surface area (Å²) in [6.45, 7) is 7.61. The van der Waals surface area contributed by atoms with Crippen molar-refractivity contribution in [3.05, 3.63) is 65.1 Å². The Labute approximate surface area is 153 Å². The first-order valence-corrected chi connectivity index (χ1v) is 8.82. The van der Waals surface area contributed by atoms with Gasteiger partial charge in [-0.2, -0.15) is 5.10 Å². The van der Waals surface area contributed by atoms with Gasteiger partial charge in [-0.1, -0.05) is 31.6 Å². The Morgan fingerprint density at radius 2 is 2.15 bits per heavy atom. The number of nitrogens with zero attached hydrogens (tertiary/aromatic N) is 2. The smallest absolute Gasteiger partial charge is 0.335 e. The zero-order chi connectivity index (χ0) is 18.7. The Balaban J connectivity index is 1.88. The molecule has 3 rings (SSSR count). The predicted molar refractivity (Wildman–Crippen MR) is 102 cm³/mol. The number of carboxylic acids is 1. The van der Waals surface area contributed by atoms with Crippen molar-refractivity contribution < 1.29 is 14.6 Å². The van der Waals surface area contributed by atoms with Gasteiger partial charge in [0.15, 0.2) is 0 Å². The second-order valence-corrected chi connectivity index (χ2v) is 7.06. The van der Waals surface area contributed by atoms with Crippen molar-refractivity contribution >= 4 is 16.9 Å². The zero-order valence-corrected chi connectivity index (χ0v) is 15.4. The van der Waals surface area contributed by atoms with E-state index in [2.05, 4.69) is 38.0 Å². The van der Waals surface area contributed by atoms with E-state index in [1.54, 1.807) is 18.3 Å². The van der Waals surface area contributed by atoms with E-state index < -0.39 is 5.97 Å². The van der Waals surface area contributed by atoms with Gasteiger partial charge in [-0.15, -0.1) is 0 Å². The van der Waals surface area contributed by atoms with Crippen LogP contribution in [0.2, 0.25) is 0 Å². The number of aromatic nitrogens is 2. The number of allylic oxidation sites excluding steroid dienone is 5. The van der Waals surface area contributed by atoms with Crippen LogP contribution in [-0.4, -0.2) is 27.5 Å². The Morgan fingerprint density at radius 3 is 2.88 bits per heavy atom. The summed E-state index contributed by atoms with van der Waals surface area (Å²) in [5.41, 5.74) is 3.55. The van der Waals surface area contributed by atoms with Gasteiger partial charge in [-0.3, -0.25) is 4.68 Å². The molecule has 0 bridgehead atoms. The number of carboxylic acid groups (broad SMARTS) is 1. The Bertz CT molecular complexity index is 916. The molecule has 1 aromatic carbocycles. The van der Waals surface area contributed by atoms with Crippen LogP contribution in [-0.2, 0) is 11.3 Å². The van der Waals surface area contributed by atoms with Gasteiger partial charge in [0.2, 0.25) is 0 Å². The van der Waals surface area contributed by atoms with E-state index in [1.807, 2.05) is 16.8 Å². The third-order valence-electron chi connectivity index (χ3n) is 4.29. The lowest BCUT2D eigenvalue weighted by atomic mass is 10.1. The number of hydrogen-bond acceptors (Lipinski definition) is 3. The molecule has 0 unspecified atom stereocenters. The lowest BCUT2D eigenvalue weighted by Crippen LogP contribution is -2.09. The first-order chi connectivity index (χ1) is 12.4. The van der Waals surface area contributed by atoms with E-state index in [1.165, 1.54) is 5.57 Å². The summed E-state index contributed by atoms with van der Waals surface area (Å²) in [6.07, 6.45) is 8.90. The van der Waals surface area contributed by atoms with Crippen LogP contribution in [0.1, 0.15) is 37.6 Å². The molecule has 0 saturated carbocycles. The van der Waals surface area contributed by atoms with E-state index in [0.717, 1.165) is 28.7 Å². The minimum absolute atomic E-state index is 0.270. The number of fused-ring (bicyclic) bond motifs is 1. The fourth-order valence-corrected chi connectivity index (χ4v) is 2.82. The third-order valence-corrected chi connectivity index (χ3v) is 4.29. The molecule has 5 heteroatoms. The van der Waals surface area contributed by atoms with Crippen molar-refractivity contribution in [2.24, 2.45) is 5.92 Å². The quantitative estimate of drug-likeness (QED) is 0.827. The molecule has 26 heavy (non-hydrogen) atoms. The van der Waals surface area contributed by atoms with Gasteiger partial charge < -0.3 is 9.84 Å². The molecule has 1 aliphatic carbocycles. The molecule has 0 saturated heterocycles. The second-order valence-electron chi connectivity index (χ2n) is 7.06. The first kappa shape index (κ1) is 18.0. The van der Waals surface area contributed by atoms with Crippen LogP contribution < -0.4 is 0 Å². The predicted octanol–water partition coefficient (Wildman–Crippen LogP) is 4.57. The highest BCUT2D eigenvalue weighted by molar-refractivity contribution is 5.93. The lowest BCUT2D eigenvalue weighted by Gasteiger charge is -2.15. The average molecular weight is 352 g/mol. The van der Waals surface area contributed by atoms with E-state index in [9.17, 15) is 4.79 Å².